The Morgan fingerprint density at radius 1 is 1.13 bits per heavy atom. The molecule has 1 saturated heterocycles. The third-order valence-electron chi connectivity index (χ3n) is 3.86. The van der Waals surface area contributed by atoms with Gasteiger partial charge in [0.1, 0.15) is 17.7 Å². The molecule has 0 saturated carbocycles. The Balaban J connectivity index is 1.68. The van der Waals surface area contributed by atoms with Crippen LogP contribution in [0.2, 0.25) is 0 Å². The number of nitrogens with zero attached hydrogens (tertiary/aromatic N) is 4. The Hall–Kier alpha value is -2.94. The van der Waals surface area contributed by atoms with E-state index in [0.717, 1.165) is 0 Å². The van der Waals surface area contributed by atoms with Gasteiger partial charge < -0.3 is 9.80 Å². The Labute approximate surface area is 133 Å². The van der Waals surface area contributed by atoms with E-state index in [1.54, 1.807) is 23.2 Å². The molecule has 5 nitrogen and oxygen atoms in total. The van der Waals surface area contributed by atoms with Crippen molar-refractivity contribution in [1.82, 2.24) is 9.88 Å². The first-order valence-electron chi connectivity index (χ1n) is 7.34. The normalized spacial score (nSPS) is 14.4. The molecule has 1 aromatic carbocycles. The number of anilines is 1. The summed E-state index contributed by atoms with van der Waals surface area (Å²) in [6.07, 6.45) is 1.66. The van der Waals surface area contributed by atoms with Gasteiger partial charge in [-0.1, -0.05) is 0 Å². The lowest BCUT2D eigenvalue weighted by molar-refractivity contribution is 0.0746. The van der Waals surface area contributed by atoms with Gasteiger partial charge in [0.25, 0.3) is 5.91 Å². The van der Waals surface area contributed by atoms with Crippen LogP contribution in [0.5, 0.6) is 0 Å². The molecule has 0 unspecified atom stereocenters. The van der Waals surface area contributed by atoms with E-state index in [9.17, 15) is 9.18 Å². The van der Waals surface area contributed by atoms with Crippen LogP contribution in [0.3, 0.4) is 0 Å². The smallest absolute Gasteiger partial charge is 0.253 e. The minimum Gasteiger partial charge on any atom is -0.352 e. The molecule has 6 heteroatoms. The highest BCUT2D eigenvalue weighted by Crippen LogP contribution is 2.19. The molecule has 116 valence electrons. The Bertz CT molecular complexity index is 746. The van der Waals surface area contributed by atoms with Crippen LogP contribution in [-0.4, -0.2) is 42.0 Å². The SMILES string of the molecule is N#Cc1cccnc1N1CCN(C(=O)c2ccc(F)cc2)CC1. The number of aromatic nitrogens is 1. The third-order valence-corrected chi connectivity index (χ3v) is 3.86. The van der Waals surface area contributed by atoms with Crippen LogP contribution >= 0.6 is 0 Å². The molecule has 1 aromatic heterocycles. The summed E-state index contributed by atoms with van der Waals surface area (Å²) >= 11 is 0. The number of piperazine rings is 1. The van der Waals surface area contributed by atoms with Crippen LogP contribution < -0.4 is 4.90 Å². The van der Waals surface area contributed by atoms with Crippen LogP contribution in [0.4, 0.5) is 10.2 Å². The molecular formula is C17H15FN4O. The van der Waals surface area contributed by atoms with Gasteiger partial charge >= 0.3 is 0 Å². The molecular weight excluding hydrogens is 295 g/mol. The van der Waals surface area contributed by atoms with E-state index < -0.39 is 0 Å². The molecule has 0 N–H and O–H groups in total. The van der Waals surface area contributed by atoms with E-state index in [1.165, 1.54) is 24.3 Å². The van der Waals surface area contributed by atoms with Crippen molar-refractivity contribution in [2.24, 2.45) is 0 Å². The van der Waals surface area contributed by atoms with Gasteiger partial charge in [-0.15, -0.1) is 0 Å². The van der Waals surface area contributed by atoms with E-state index in [4.69, 9.17) is 5.26 Å². The average Bonchev–Trinajstić information content (AvgIpc) is 2.62. The van der Waals surface area contributed by atoms with E-state index in [-0.39, 0.29) is 11.7 Å². The Kier molecular flexibility index (Phi) is 4.20. The first kappa shape index (κ1) is 15.0. The number of halogens is 1. The highest BCUT2D eigenvalue weighted by atomic mass is 19.1. The van der Waals surface area contributed by atoms with E-state index in [2.05, 4.69) is 11.1 Å². The summed E-state index contributed by atoms with van der Waals surface area (Å²) in [7, 11) is 0. The Morgan fingerprint density at radius 3 is 2.48 bits per heavy atom. The third kappa shape index (κ3) is 3.14. The summed E-state index contributed by atoms with van der Waals surface area (Å²) < 4.78 is 12.9. The van der Waals surface area contributed by atoms with Gasteiger partial charge in [-0.25, -0.2) is 9.37 Å². The second-order valence-electron chi connectivity index (χ2n) is 5.27. The largest absolute Gasteiger partial charge is 0.352 e. The zero-order chi connectivity index (χ0) is 16.2. The number of rotatable bonds is 2. The van der Waals surface area contributed by atoms with Crippen molar-refractivity contribution >= 4 is 11.7 Å². The van der Waals surface area contributed by atoms with Crippen LogP contribution in [0, 0.1) is 17.1 Å². The molecule has 3 rings (SSSR count). The number of nitriles is 1. The van der Waals surface area contributed by atoms with Gasteiger partial charge in [0.05, 0.1) is 5.56 Å². The fraction of sp³-hybridized carbons (Fsp3) is 0.235. The number of hydrogen-bond acceptors (Lipinski definition) is 4. The lowest BCUT2D eigenvalue weighted by Gasteiger charge is -2.35. The molecule has 0 aliphatic carbocycles. The number of benzene rings is 1. The summed E-state index contributed by atoms with van der Waals surface area (Å²) in [5.41, 5.74) is 1.02. The topological polar surface area (TPSA) is 60.2 Å². The molecule has 1 aliphatic heterocycles. The molecule has 2 heterocycles. The second kappa shape index (κ2) is 6.44. The number of pyridine rings is 1. The number of carbonyl (C=O) groups is 1. The molecule has 0 bridgehead atoms. The zero-order valence-electron chi connectivity index (χ0n) is 12.4. The number of hydrogen-bond donors (Lipinski definition) is 0. The van der Waals surface area contributed by atoms with Crippen LogP contribution in [-0.2, 0) is 0 Å². The highest BCUT2D eigenvalue weighted by Gasteiger charge is 2.24. The van der Waals surface area contributed by atoms with Crippen molar-refractivity contribution in [3.8, 4) is 6.07 Å². The van der Waals surface area contributed by atoms with Crippen molar-refractivity contribution in [3.63, 3.8) is 0 Å². The molecule has 1 aliphatic rings. The highest BCUT2D eigenvalue weighted by molar-refractivity contribution is 5.94. The van der Waals surface area contributed by atoms with Crippen LogP contribution in [0.25, 0.3) is 0 Å². The summed E-state index contributed by atoms with van der Waals surface area (Å²) in [6.45, 7) is 2.30. The van der Waals surface area contributed by atoms with Crippen molar-refractivity contribution in [2.45, 2.75) is 0 Å². The van der Waals surface area contributed by atoms with Crippen LogP contribution in [0.15, 0.2) is 42.6 Å². The molecule has 0 spiro atoms. The first-order chi connectivity index (χ1) is 11.2. The van der Waals surface area contributed by atoms with Gasteiger partial charge in [0, 0.05) is 37.9 Å². The average molecular weight is 310 g/mol. The van der Waals surface area contributed by atoms with E-state index in [0.29, 0.717) is 43.1 Å². The number of carbonyl (C=O) groups excluding carboxylic acids is 1. The van der Waals surface area contributed by atoms with Gasteiger partial charge in [-0.05, 0) is 36.4 Å². The minimum absolute atomic E-state index is 0.105. The maximum absolute atomic E-state index is 12.9. The monoisotopic (exact) mass is 310 g/mol. The predicted molar refractivity (Wildman–Crippen MR) is 83.5 cm³/mol. The molecule has 23 heavy (non-hydrogen) atoms. The fourth-order valence-electron chi connectivity index (χ4n) is 2.63. The Morgan fingerprint density at radius 2 is 1.83 bits per heavy atom. The lowest BCUT2D eigenvalue weighted by atomic mass is 10.1. The zero-order valence-corrected chi connectivity index (χ0v) is 12.4. The fourth-order valence-corrected chi connectivity index (χ4v) is 2.63. The second-order valence-corrected chi connectivity index (χ2v) is 5.27. The van der Waals surface area contributed by atoms with E-state index >= 15 is 0 Å². The maximum Gasteiger partial charge on any atom is 0.253 e. The summed E-state index contributed by atoms with van der Waals surface area (Å²) in [6, 6.07) is 11.2. The molecule has 2 aromatic rings. The summed E-state index contributed by atoms with van der Waals surface area (Å²) in [5, 5.41) is 9.15. The first-order valence-corrected chi connectivity index (χ1v) is 7.34. The van der Waals surface area contributed by atoms with Gasteiger partial charge in [0.2, 0.25) is 0 Å². The molecule has 0 radical (unpaired) electrons. The van der Waals surface area contributed by atoms with Crippen molar-refractivity contribution < 1.29 is 9.18 Å². The minimum atomic E-state index is -0.356. The summed E-state index contributed by atoms with van der Waals surface area (Å²) in [5.74, 6) is 0.195. The van der Waals surface area contributed by atoms with E-state index in [1.807, 2.05) is 4.90 Å². The van der Waals surface area contributed by atoms with Crippen molar-refractivity contribution in [1.29, 1.82) is 5.26 Å². The van der Waals surface area contributed by atoms with Crippen molar-refractivity contribution in [3.05, 3.63) is 59.5 Å². The predicted octanol–water partition coefficient (Wildman–Crippen LogP) is 2.05. The standard InChI is InChI=1S/C17H15FN4O/c18-15-5-3-13(4-6-15)17(23)22-10-8-21(9-11-22)16-14(12-19)2-1-7-20-16/h1-7H,8-11H2. The summed E-state index contributed by atoms with van der Waals surface area (Å²) in [4.78, 5) is 20.4. The quantitative estimate of drug-likeness (QED) is 0.852. The van der Waals surface area contributed by atoms with Gasteiger partial charge in [-0.3, -0.25) is 4.79 Å². The van der Waals surface area contributed by atoms with Crippen molar-refractivity contribution in [2.75, 3.05) is 31.1 Å². The van der Waals surface area contributed by atoms with Gasteiger partial charge in [-0.2, -0.15) is 5.26 Å². The maximum atomic E-state index is 12.9. The number of amides is 1. The lowest BCUT2D eigenvalue weighted by Crippen LogP contribution is -2.49. The molecule has 1 fully saturated rings. The van der Waals surface area contributed by atoms with Gasteiger partial charge in [0.15, 0.2) is 0 Å². The molecule has 0 atom stereocenters. The van der Waals surface area contributed by atoms with Crippen LogP contribution in [0.1, 0.15) is 15.9 Å². The molecule has 1 amide bonds.